The number of halogens is 1. The Kier molecular flexibility index (Phi) is 6.46. The molecule has 0 spiro atoms. The molecule has 1 aromatic heterocycles. The minimum absolute atomic E-state index is 0.0414. The number of ether oxygens (including phenoxy) is 4. The number of methoxy groups -OCH3 is 1. The molecule has 200 valence electrons. The van der Waals surface area contributed by atoms with Crippen LogP contribution in [0.25, 0.3) is 11.0 Å². The third-order valence-electron chi connectivity index (χ3n) is 6.79. The summed E-state index contributed by atoms with van der Waals surface area (Å²) in [6.45, 7) is 5.04. The quantitative estimate of drug-likeness (QED) is 0.257. The molecule has 0 aliphatic carbocycles. The van der Waals surface area contributed by atoms with E-state index in [-0.39, 0.29) is 30.4 Å². The highest BCUT2D eigenvalue weighted by atomic mass is 79.9. The van der Waals surface area contributed by atoms with Crippen LogP contribution < -0.4 is 24.4 Å². The van der Waals surface area contributed by atoms with Gasteiger partial charge in [-0.2, -0.15) is 0 Å². The molecule has 3 heterocycles. The number of nitrogens with zero attached hydrogens (tertiary/aromatic N) is 1. The van der Waals surface area contributed by atoms with Crippen LogP contribution in [-0.4, -0.2) is 31.3 Å². The van der Waals surface area contributed by atoms with E-state index in [9.17, 15) is 9.59 Å². The van der Waals surface area contributed by atoms with Crippen molar-refractivity contribution >= 4 is 32.8 Å². The molecule has 3 aromatic carbocycles. The molecular formula is C30H26BrNO7. The Hall–Kier alpha value is -3.98. The minimum atomic E-state index is -0.703. The largest absolute Gasteiger partial charge is 0.493 e. The first-order chi connectivity index (χ1) is 18.8. The molecule has 1 unspecified atom stereocenters. The normalized spacial score (nSPS) is 15.8. The zero-order valence-electron chi connectivity index (χ0n) is 21.7. The van der Waals surface area contributed by atoms with Crippen molar-refractivity contribution in [3.8, 4) is 23.0 Å². The van der Waals surface area contributed by atoms with Gasteiger partial charge in [-0.05, 0) is 59.5 Å². The molecule has 0 bridgehead atoms. The van der Waals surface area contributed by atoms with Crippen molar-refractivity contribution in [2.45, 2.75) is 26.4 Å². The topological polar surface area (TPSA) is 87.4 Å². The average molecular weight is 592 g/mol. The SMILES string of the molecule is COc1cc(C2c3c(oc4ccc(Br)cc4c3=O)C(=O)N2Cc2ccc3c(c2)OCO3)ccc1OCC(C)C. The van der Waals surface area contributed by atoms with Gasteiger partial charge in [-0.1, -0.05) is 41.9 Å². The smallest absolute Gasteiger partial charge is 0.291 e. The number of benzene rings is 3. The third kappa shape index (κ3) is 4.50. The van der Waals surface area contributed by atoms with Gasteiger partial charge in [-0.3, -0.25) is 9.59 Å². The molecular weight excluding hydrogens is 566 g/mol. The van der Waals surface area contributed by atoms with Crippen molar-refractivity contribution in [3.05, 3.63) is 91.7 Å². The van der Waals surface area contributed by atoms with E-state index >= 15 is 0 Å². The number of hydrogen-bond donors (Lipinski definition) is 0. The lowest BCUT2D eigenvalue weighted by atomic mass is 9.97. The van der Waals surface area contributed by atoms with Crippen molar-refractivity contribution in [3.63, 3.8) is 0 Å². The Bertz CT molecular complexity index is 1660. The van der Waals surface area contributed by atoms with E-state index < -0.39 is 6.04 Å². The highest BCUT2D eigenvalue weighted by Crippen LogP contribution is 2.42. The second kappa shape index (κ2) is 9.96. The van der Waals surface area contributed by atoms with Gasteiger partial charge in [0.05, 0.1) is 30.7 Å². The van der Waals surface area contributed by atoms with E-state index in [2.05, 4.69) is 29.8 Å². The highest BCUT2D eigenvalue weighted by Gasteiger charge is 2.43. The monoisotopic (exact) mass is 591 g/mol. The van der Waals surface area contributed by atoms with Crippen molar-refractivity contribution in [1.82, 2.24) is 4.90 Å². The second-order valence-corrected chi connectivity index (χ2v) is 10.9. The van der Waals surface area contributed by atoms with Gasteiger partial charge in [0.25, 0.3) is 5.91 Å². The summed E-state index contributed by atoms with van der Waals surface area (Å²) in [5.74, 6) is 2.39. The van der Waals surface area contributed by atoms with Gasteiger partial charge in [0.15, 0.2) is 28.4 Å². The number of carbonyl (C=O) groups excluding carboxylic acids is 1. The lowest BCUT2D eigenvalue weighted by molar-refractivity contribution is 0.0714. The number of hydrogen-bond acceptors (Lipinski definition) is 7. The molecule has 9 heteroatoms. The Morgan fingerprint density at radius 2 is 1.82 bits per heavy atom. The summed E-state index contributed by atoms with van der Waals surface area (Å²) in [4.78, 5) is 29.4. The summed E-state index contributed by atoms with van der Waals surface area (Å²) in [5.41, 5.74) is 1.93. The molecule has 1 amide bonds. The van der Waals surface area contributed by atoms with Gasteiger partial charge in [0, 0.05) is 11.0 Å². The van der Waals surface area contributed by atoms with Crippen LogP contribution in [0.3, 0.4) is 0 Å². The van der Waals surface area contributed by atoms with Crippen LogP contribution in [0, 0.1) is 5.92 Å². The van der Waals surface area contributed by atoms with Gasteiger partial charge in [-0.25, -0.2) is 0 Å². The van der Waals surface area contributed by atoms with Crippen LogP contribution in [0.4, 0.5) is 0 Å². The third-order valence-corrected chi connectivity index (χ3v) is 7.29. The van der Waals surface area contributed by atoms with Crippen LogP contribution in [-0.2, 0) is 6.54 Å². The molecule has 8 nitrogen and oxygen atoms in total. The van der Waals surface area contributed by atoms with E-state index in [1.165, 1.54) is 0 Å². The average Bonchev–Trinajstić information content (AvgIpc) is 3.50. The highest BCUT2D eigenvalue weighted by molar-refractivity contribution is 9.10. The standard InChI is InChI=1S/C30H26BrNO7/c1-16(2)14-36-22-8-5-18(11-24(22)35-3)27-26-28(33)20-12-19(31)6-9-21(20)39-29(26)30(34)32(27)13-17-4-7-23-25(10-17)38-15-37-23/h4-12,16,27H,13-15H2,1-3H3. The molecule has 2 aliphatic rings. The predicted octanol–water partition coefficient (Wildman–Crippen LogP) is 6.07. The number of carbonyl (C=O) groups is 1. The van der Waals surface area contributed by atoms with Gasteiger partial charge in [0.2, 0.25) is 12.6 Å². The van der Waals surface area contributed by atoms with Crippen molar-refractivity contribution in [2.24, 2.45) is 5.92 Å². The summed E-state index contributed by atoms with van der Waals surface area (Å²) >= 11 is 3.44. The maximum Gasteiger partial charge on any atom is 0.291 e. The van der Waals surface area contributed by atoms with Crippen LogP contribution in [0.1, 0.15) is 47.1 Å². The molecule has 0 saturated heterocycles. The van der Waals surface area contributed by atoms with E-state index in [0.717, 1.165) is 10.0 Å². The van der Waals surface area contributed by atoms with Gasteiger partial charge in [0.1, 0.15) is 5.58 Å². The maximum absolute atomic E-state index is 13.9. The number of amides is 1. The summed E-state index contributed by atoms with van der Waals surface area (Å²) in [7, 11) is 1.57. The Morgan fingerprint density at radius 1 is 1.00 bits per heavy atom. The van der Waals surface area contributed by atoms with Crippen LogP contribution in [0.5, 0.6) is 23.0 Å². The van der Waals surface area contributed by atoms with Gasteiger partial charge in [-0.15, -0.1) is 0 Å². The molecule has 0 N–H and O–H groups in total. The van der Waals surface area contributed by atoms with Crippen molar-refractivity contribution in [2.75, 3.05) is 20.5 Å². The zero-order valence-corrected chi connectivity index (χ0v) is 23.2. The van der Waals surface area contributed by atoms with E-state index in [1.54, 1.807) is 30.2 Å². The lowest BCUT2D eigenvalue weighted by Gasteiger charge is -2.26. The first kappa shape index (κ1) is 25.3. The molecule has 2 aliphatic heterocycles. The molecule has 39 heavy (non-hydrogen) atoms. The van der Waals surface area contributed by atoms with Crippen molar-refractivity contribution < 1.29 is 28.2 Å². The fraction of sp³-hybridized carbons (Fsp3) is 0.267. The summed E-state index contributed by atoms with van der Waals surface area (Å²) in [6.07, 6.45) is 0. The Balaban J connectivity index is 1.49. The first-order valence-corrected chi connectivity index (χ1v) is 13.4. The molecule has 0 fully saturated rings. The molecule has 0 saturated carbocycles. The lowest BCUT2D eigenvalue weighted by Crippen LogP contribution is -2.29. The maximum atomic E-state index is 13.9. The van der Waals surface area contributed by atoms with Crippen LogP contribution >= 0.6 is 15.9 Å². The van der Waals surface area contributed by atoms with E-state index in [4.69, 9.17) is 23.4 Å². The predicted molar refractivity (Wildman–Crippen MR) is 148 cm³/mol. The summed E-state index contributed by atoms with van der Waals surface area (Å²) < 4.78 is 29.4. The zero-order chi connectivity index (χ0) is 27.3. The van der Waals surface area contributed by atoms with Crippen molar-refractivity contribution in [1.29, 1.82) is 0 Å². The van der Waals surface area contributed by atoms with E-state index in [0.29, 0.717) is 57.6 Å². The van der Waals surface area contributed by atoms with Gasteiger partial charge >= 0.3 is 0 Å². The fourth-order valence-corrected chi connectivity index (χ4v) is 5.33. The van der Waals surface area contributed by atoms with Crippen LogP contribution in [0.15, 0.2) is 68.3 Å². The molecule has 0 radical (unpaired) electrons. The fourth-order valence-electron chi connectivity index (χ4n) is 4.97. The second-order valence-electron chi connectivity index (χ2n) is 9.95. The number of fused-ring (bicyclic) bond motifs is 3. The minimum Gasteiger partial charge on any atom is -0.493 e. The van der Waals surface area contributed by atoms with Gasteiger partial charge < -0.3 is 28.3 Å². The Labute approximate surface area is 233 Å². The molecule has 1 atom stereocenters. The van der Waals surface area contributed by atoms with E-state index in [1.807, 2.05) is 36.4 Å². The first-order valence-electron chi connectivity index (χ1n) is 12.6. The molecule has 4 aromatic rings. The summed E-state index contributed by atoms with van der Waals surface area (Å²) in [5, 5.41) is 0.398. The Morgan fingerprint density at radius 3 is 2.62 bits per heavy atom. The molecule has 6 rings (SSSR count). The summed E-state index contributed by atoms with van der Waals surface area (Å²) in [6, 6.07) is 15.5. The van der Waals surface area contributed by atoms with Crippen LogP contribution in [0.2, 0.25) is 0 Å². The number of rotatable bonds is 7.